The maximum absolute atomic E-state index is 13.9. The van der Waals surface area contributed by atoms with Crippen LogP contribution in [0.2, 0.25) is 0 Å². The van der Waals surface area contributed by atoms with Crippen molar-refractivity contribution >= 4 is 32.3 Å². The standard InChI is InChI=1S/C17H14FN3O4S/c1-26(24,25)11-6-7-13(18)14(8-11)20-17(23)10-21-15-5-3-2-4-12(15)16(22)9-19-21/h2-9H,10H2,1H3,(H,20,23). The van der Waals surface area contributed by atoms with Crippen molar-refractivity contribution in [2.75, 3.05) is 11.6 Å². The summed E-state index contributed by atoms with van der Waals surface area (Å²) in [6, 6.07) is 9.80. The molecule has 0 saturated carbocycles. The maximum Gasteiger partial charge on any atom is 0.246 e. The molecule has 3 rings (SSSR count). The van der Waals surface area contributed by atoms with E-state index in [1.54, 1.807) is 24.3 Å². The topological polar surface area (TPSA) is 98.1 Å². The number of hydrogen-bond donors (Lipinski definition) is 1. The molecule has 0 bridgehead atoms. The Bertz CT molecular complexity index is 1170. The molecule has 134 valence electrons. The van der Waals surface area contributed by atoms with Crippen LogP contribution in [0.3, 0.4) is 0 Å². The summed E-state index contributed by atoms with van der Waals surface area (Å²) in [5.41, 5.74) is -0.0621. The van der Waals surface area contributed by atoms with Gasteiger partial charge in [0.2, 0.25) is 11.3 Å². The molecule has 1 amide bonds. The lowest BCUT2D eigenvalue weighted by atomic mass is 10.2. The Kier molecular flexibility index (Phi) is 4.56. The van der Waals surface area contributed by atoms with E-state index in [2.05, 4.69) is 10.4 Å². The number of carbonyl (C=O) groups is 1. The number of nitrogens with one attached hydrogen (secondary N) is 1. The second-order valence-electron chi connectivity index (χ2n) is 5.65. The molecule has 3 aromatic rings. The highest BCUT2D eigenvalue weighted by Crippen LogP contribution is 2.19. The van der Waals surface area contributed by atoms with Crippen molar-refractivity contribution in [3.05, 3.63) is 64.7 Å². The molecule has 0 radical (unpaired) electrons. The predicted octanol–water partition coefficient (Wildman–Crippen LogP) is 1.58. The lowest BCUT2D eigenvalue weighted by Crippen LogP contribution is -2.23. The smallest absolute Gasteiger partial charge is 0.246 e. The number of benzene rings is 2. The number of nitrogens with zero attached hydrogens (tertiary/aromatic N) is 2. The van der Waals surface area contributed by atoms with Crippen LogP contribution in [0.25, 0.3) is 10.9 Å². The van der Waals surface area contributed by atoms with Gasteiger partial charge in [0.15, 0.2) is 9.84 Å². The van der Waals surface area contributed by atoms with Gasteiger partial charge in [-0.05, 0) is 30.3 Å². The molecule has 7 nitrogen and oxygen atoms in total. The van der Waals surface area contributed by atoms with E-state index in [0.717, 1.165) is 30.7 Å². The third-order valence-electron chi connectivity index (χ3n) is 3.70. The molecule has 1 N–H and O–H groups in total. The number of amides is 1. The Hall–Kier alpha value is -3.07. The van der Waals surface area contributed by atoms with E-state index in [9.17, 15) is 22.4 Å². The van der Waals surface area contributed by atoms with Gasteiger partial charge in [-0.25, -0.2) is 12.8 Å². The Morgan fingerprint density at radius 2 is 1.96 bits per heavy atom. The third-order valence-corrected chi connectivity index (χ3v) is 4.81. The van der Waals surface area contributed by atoms with E-state index in [4.69, 9.17) is 0 Å². The quantitative estimate of drug-likeness (QED) is 0.698. The van der Waals surface area contributed by atoms with E-state index >= 15 is 0 Å². The van der Waals surface area contributed by atoms with Crippen LogP contribution in [0.15, 0.2) is 58.4 Å². The number of fused-ring (bicyclic) bond motifs is 1. The minimum Gasteiger partial charge on any atom is -0.322 e. The van der Waals surface area contributed by atoms with Crippen LogP contribution in [0, 0.1) is 5.82 Å². The summed E-state index contributed by atoms with van der Waals surface area (Å²) in [6.07, 6.45) is 2.09. The van der Waals surface area contributed by atoms with Crippen molar-refractivity contribution in [1.82, 2.24) is 9.78 Å². The summed E-state index contributed by atoms with van der Waals surface area (Å²) >= 11 is 0. The Morgan fingerprint density at radius 3 is 2.69 bits per heavy atom. The normalized spacial score (nSPS) is 11.5. The molecule has 0 aliphatic rings. The molecule has 0 unspecified atom stereocenters. The van der Waals surface area contributed by atoms with Gasteiger partial charge in [0.25, 0.3) is 0 Å². The monoisotopic (exact) mass is 375 g/mol. The van der Waals surface area contributed by atoms with Gasteiger partial charge in [-0.1, -0.05) is 12.1 Å². The zero-order valence-corrected chi connectivity index (χ0v) is 14.5. The SMILES string of the molecule is CS(=O)(=O)c1ccc(F)c(NC(=O)Cn2ncc(=O)c3ccccc32)c1. The fourth-order valence-corrected chi connectivity index (χ4v) is 3.09. The summed E-state index contributed by atoms with van der Waals surface area (Å²) in [5.74, 6) is -1.38. The summed E-state index contributed by atoms with van der Waals surface area (Å²) < 4.78 is 38.3. The molecule has 2 aromatic carbocycles. The Morgan fingerprint density at radius 1 is 1.23 bits per heavy atom. The van der Waals surface area contributed by atoms with Crippen LogP contribution in [0.4, 0.5) is 10.1 Å². The van der Waals surface area contributed by atoms with E-state index in [1.807, 2.05) is 0 Å². The Balaban J connectivity index is 1.89. The second kappa shape index (κ2) is 6.68. The molecule has 0 atom stereocenters. The maximum atomic E-state index is 13.9. The average molecular weight is 375 g/mol. The number of aromatic nitrogens is 2. The highest BCUT2D eigenvalue weighted by Gasteiger charge is 2.14. The number of sulfone groups is 1. The molecule has 26 heavy (non-hydrogen) atoms. The van der Waals surface area contributed by atoms with Crippen molar-refractivity contribution in [3.63, 3.8) is 0 Å². The highest BCUT2D eigenvalue weighted by atomic mass is 32.2. The van der Waals surface area contributed by atoms with Crippen molar-refractivity contribution in [3.8, 4) is 0 Å². The molecular formula is C17H14FN3O4S. The predicted molar refractivity (Wildman–Crippen MR) is 94.1 cm³/mol. The molecule has 0 aliphatic heterocycles. The largest absolute Gasteiger partial charge is 0.322 e. The number of halogens is 1. The summed E-state index contributed by atoms with van der Waals surface area (Å²) in [7, 11) is -3.54. The number of rotatable bonds is 4. The number of anilines is 1. The Labute approximate surface area is 148 Å². The number of carbonyl (C=O) groups excluding carboxylic acids is 1. The average Bonchev–Trinajstić information content (AvgIpc) is 2.58. The lowest BCUT2D eigenvalue weighted by molar-refractivity contribution is -0.116. The molecule has 0 spiro atoms. The van der Waals surface area contributed by atoms with Crippen molar-refractivity contribution in [2.24, 2.45) is 0 Å². The summed E-state index contributed by atoms with van der Waals surface area (Å²) in [5, 5.41) is 6.66. The van der Waals surface area contributed by atoms with Crippen LogP contribution < -0.4 is 10.7 Å². The third kappa shape index (κ3) is 3.62. The highest BCUT2D eigenvalue weighted by molar-refractivity contribution is 7.90. The molecular weight excluding hydrogens is 361 g/mol. The van der Waals surface area contributed by atoms with Gasteiger partial charge in [-0.2, -0.15) is 5.10 Å². The van der Waals surface area contributed by atoms with Gasteiger partial charge in [0, 0.05) is 11.6 Å². The summed E-state index contributed by atoms with van der Waals surface area (Å²) in [6.45, 7) is -0.274. The van der Waals surface area contributed by atoms with Gasteiger partial charge >= 0.3 is 0 Å². The summed E-state index contributed by atoms with van der Waals surface area (Å²) in [4.78, 5) is 23.9. The van der Waals surface area contributed by atoms with Crippen LogP contribution in [-0.4, -0.2) is 30.4 Å². The van der Waals surface area contributed by atoms with E-state index in [1.165, 1.54) is 4.68 Å². The molecule has 0 aliphatic carbocycles. The fourth-order valence-electron chi connectivity index (χ4n) is 2.44. The van der Waals surface area contributed by atoms with Gasteiger partial charge < -0.3 is 5.32 Å². The first-order valence-electron chi connectivity index (χ1n) is 7.50. The van der Waals surface area contributed by atoms with Crippen LogP contribution in [0.1, 0.15) is 0 Å². The second-order valence-corrected chi connectivity index (χ2v) is 7.66. The zero-order valence-electron chi connectivity index (χ0n) is 13.6. The molecule has 9 heteroatoms. The first-order chi connectivity index (χ1) is 12.3. The van der Waals surface area contributed by atoms with E-state index < -0.39 is 21.6 Å². The van der Waals surface area contributed by atoms with Gasteiger partial charge in [0.05, 0.1) is 22.3 Å². The fraction of sp³-hybridized carbons (Fsp3) is 0.118. The lowest BCUT2D eigenvalue weighted by Gasteiger charge is -2.11. The van der Waals surface area contributed by atoms with Crippen molar-refractivity contribution in [1.29, 1.82) is 0 Å². The van der Waals surface area contributed by atoms with Gasteiger partial charge in [-0.15, -0.1) is 0 Å². The van der Waals surface area contributed by atoms with Gasteiger partial charge in [-0.3, -0.25) is 14.3 Å². The molecule has 0 fully saturated rings. The molecule has 1 heterocycles. The van der Waals surface area contributed by atoms with Crippen molar-refractivity contribution < 1.29 is 17.6 Å². The van der Waals surface area contributed by atoms with E-state index in [-0.39, 0.29) is 22.6 Å². The van der Waals surface area contributed by atoms with E-state index in [0.29, 0.717) is 10.9 Å². The molecule has 0 saturated heterocycles. The first-order valence-corrected chi connectivity index (χ1v) is 9.39. The first kappa shape index (κ1) is 17.7. The van der Waals surface area contributed by atoms with Crippen LogP contribution in [0.5, 0.6) is 0 Å². The minimum atomic E-state index is -3.54. The minimum absolute atomic E-state index is 0.110. The van der Waals surface area contributed by atoms with Crippen LogP contribution in [-0.2, 0) is 21.2 Å². The van der Waals surface area contributed by atoms with Gasteiger partial charge in [0.1, 0.15) is 12.4 Å². The van der Waals surface area contributed by atoms with Crippen molar-refractivity contribution in [2.45, 2.75) is 11.4 Å². The molecule has 1 aromatic heterocycles. The number of hydrogen-bond acceptors (Lipinski definition) is 5. The number of para-hydroxylation sites is 1. The zero-order chi connectivity index (χ0) is 18.9. The van der Waals surface area contributed by atoms with Crippen LogP contribution >= 0.6 is 0 Å².